The lowest BCUT2D eigenvalue weighted by Crippen LogP contribution is -2.48. The number of hydrogen-bond donors (Lipinski definition) is 0. The first-order valence-electron chi connectivity index (χ1n) is 10.9. The quantitative estimate of drug-likeness (QED) is 0.503. The first kappa shape index (κ1) is 23.1. The monoisotopic (exact) mass is 467 g/mol. The van der Waals surface area contributed by atoms with Crippen molar-refractivity contribution in [3.63, 3.8) is 0 Å². The van der Waals surface area contributed by atoms with Gasteiger partial charge in [0.1, 0.15) is 10.8 Å². The van der Waals surface area contributed by atoms with Crippen molar-refractivity contribution < 1.29 is 19.0 Å². The highest BCUT2D eigenvalue weighted by Crippen LogP contribution is 2.28. The minimum atomic E-state index is 0.137. The van der Waals surface area contributed by atoms with Gasteiger partial charge in [-0.25, -0.2) is 4.98 Å². The van der Waals surface area contributed by atoms with Gasteiger partial charge >= 0.3 is 0 Å². The van der Waals surface area contributed by atoms with Gasteiger partial charge in [0.2, 0.25) is 5.91 Å². The lowest BCUT2D eigenvalue weighted by Gasteiger charge is -2.34. The summed E-state index contributed by atoms with van der Waals surface area (Å²) in [5.74, 6) is 2.29. The number of aromatic nitrogens is 1. The molecular formula is C25H29N3O4S. The predicted octanol–water partition coefficient (Wildman–Crippen LogP) is 3.72. The van der Waals surface area contributed by atoms with E-state index in [0.29, 0.717) is 17.9 Å². The van der Waals surface area contributed by atoms with Gasteiger partial charge in [-0.2, -0.15) is 0 Å². The summed E-state index contributed by atoms with van der Waals surface area (Å²) in [4.78, 5) is 21.9. The molecule has 2 heterocycles. The maximum Gasteiger partial charge on any atom is 0.227 e. The summed E-state index contributed by atoms with van der Waals surface area (Å²) in [6, 6.07) is 13.6. The molecular weight excluding hydrogens is 438 g/mol. The van der Waals surface area contributed by atoms with E-state index in [4.69, 9.17) is 19.2 Å². The Bertz CT molecular complexity index is 1080. The molecule has 0 unspecified atom stereocenters. The Labute approximate surface area is 198 Å². The zero-order chi connectivity index (χ0) is 23.2. The van der Waals surface area contributed by atoms with Crippen molar-refractivity contribution >= 4 is 17.2 Å². The molecule has 0 bridgehead atoms. The Hall–Kier alpha value is -3.10. The third-order valence-electron chi connectivity index (χ3n) is 5.82. The van der Waals surface area contributed by atoms with E-state index in [1.165, 1.54) is 0 Å². The molecule has 33 heavy (non-hydrogen) atoms. The van der Waals surface area contributed by atoms with Crippen LogP contribution in [0.3, 0.4) is 0 Å². The first-order chi connectivity index (χ1) is 16.1. The number of benzene rings is 2. The van der Waals surface area contributed by atoms with Crippen molar-refractivity contribution in [2.45, 2.75) is 13.0 Å². The molecule has 0 spiro atoms. The van der Waals surface area contributed by atoms with Crippen LogP contribution in [-0.2, 0) is 17.8 Å². The standard InChI is InChI=1S/C25H29N3O4S/c1-30-20-7-5-19(6-8-20)21-17-33-24(26-21)16-27-10-12-28(13-11-27)25(29)15-18-4-9-22(31-2)23(14-18)32-3/h4-9,14,17H,10-13,15-16H2,1-3H3. The van der Waals surface area contributed by atoms with E-state index in [9.17, 15) is 4.79 Å². The van der Waals surface area contributed by atoms with Gasteiger partial charge in [-0.3, -0.25) is 9.69 Å². The third-order valence-corrected chi connectivity index (χ3v) is 6.66. The second-order valence-electron chi connectivity index (χ2n) is 7.88. The van der Waals surface area contributed by atoms with Gasteiger partial charge < -0.3 is 19.1 Å². The molecule has 1 amide bonds. The van der Waals surface area contributed by atoms with Crippen LogP contribution >= 0.6 is 11.3 Å². The molecule has 1 aromatic heterocycles. The number of rotatable bonds is 8. The van der Waals surface area contributed by atoms with E-state index in [1.54, 1.807) is 32.7 Å². The number of methoxy groups -OCH3 is 3. The topological polar surface area (TPSA) is 64.1 Å². The zero-order valence-electron chi connectivity index (χ0n) is 19.2. The summed E-state index contributed by atoms with van der Waals surface area (Å²) < 4.78 is 15.8. The number of carbonyl (C=O) groups excluding carboxylic acids is 1. The van der Waals surface area contributed by atoms with Crippen molar-refractivity contribution in [2.24, 2.45) is 0 Å². The average molecular weight is 468 g/mol. The first-order valence-corrected chi connectivity index (χ1v) is 11.8. The van der Waals surface area contributed by atoms with Gasteiger partial charge in [0.05, 0.1) is 40.0 Å². The summed E-state index contributed by atoms with van der Waals surface area (Å²) >= 11 is 1.68. The lowest BCUT2D eigenvalue weighted by atomic mass is 10.1. The average Bonchev–Trinajstić information content (AvgIpc) is 3.32. The van der Waals surface area contributed by atoms with Gasteiger partial charge in [0, 0.05) is 37.1 Å². The molecule has 0 aliphatic carbocycles. The van der Waals surface area contributed by atoms with Crippen molar-refractivity contribution in [1.29, 1.82) is 0 Å². The zero-order valence-corrected chi connectivity index (χ0v) is 20.1. The van der Waals surface area contributed by atoms with Gasteiger partial charge in [0.15, 0.2) is 11.5 Å². The van der Waals surface area contributed by atoms with E-state index in [0.717, 1.165) is 60.3 Å². The van der Waals surface area contributed by atoms with Crippen molar-refractivity contribution in [3.8, 4) is 28.5 Å². The molecule has 1 fully saturated rings. The molecule has 7 nitrogen and oxygen atoms in total. The highest BCUT2D eigenvalue weighted by molar-refractivity contribution is 7.09. The molecule has 0 N–H and O–H groups in total. The number of amides is 1. The van der Waals surface area contributed by atoms with Crippen LogP contribution in [0.5, 0.6) is 17.2 Å². The lowest BCUT2D eigenvalue weighted by molar-refractivity contribution is -0.132. The van der Waals surface area contributed by atoms with Gasteiger partial charge in [0.25, 0.3) is 0 Å². The number of nitrogens with zero attached hydrogens (tertiary/aromatic N) is 3. The fourth-order valence-electron chi connectivity index (χ4n) is 3.90. The Morgan fingerprint density at radius 2 is 1.67 bits per heavy atom. The van der Waals surface area contributed by atoms with E-state index in [-0.39, 0.29) is 5.91 Å². The van der Waals surface area contributed by atoms with Crippen LogP contribution in [0.2, 0.25) is 0 Å². The van der Waals surface area contributed by atoms with Crippen LogP contribution < -0.4 is 14.2 Å². The summed E-state index contributed by atoms with van der Waals surface area (Å²) in [7, 11) is 4.87. The molecule has 1 saturated heterocycles. The second-order valence-corrected chi connectivity index (χ2v) is 8.82. The van der Waals surface area contributed by atoms with Gasteiger partial charge in [-0.15, -0.1) is 11.3 Å². The fourth-order valence-corrected chi connectivity index (χ4v) is 4.75. The third kappa shape index (κ3) is 5.64. The molecule has 2 aromatic carbocycles. The minimum absolute atomic E-state index is 0.137. The molecule has 0 radical (unpaired) electrons. The molecule has 174 valence electrons. The maximum atomic E-state index is 12.8. The molecule has 8 heteroatoms. The van der Waals surface area contributed by atoms with E-state index in [2.05, 4.69) is 10.3 Å². The number of hydrogen-bond acceptors (Lipinski definition) is 7. The van der Waals surface area contributed by atoms with Crippen LogP contribution in [0.15, 0.2) is 47.8 Å². The summed E-state index contributed by atoms with van der Waals surface area (Å²) in [6.07, 6.45) is 0.359. The number of piperazine rings is 1. The van der Waals surface area contributed by atoms with Crippen molar-refractivity contribution in [2.75, 3.05) is 47.5 Å². The Balaban J connectivity index is 1.28. The SMILES string of the molecule is COc1ccc(-c2csc(CN3CCN(C(=O)Cc4ccc(OC)c(OC)c4)CC3)n2)cc1. The summed E-state index contributed by atoms with van der Waals surface area (Å²) in [5, 5.41) is 3.19. The van der Waals surface area contributed by atoms with E-state index >= 15 is 0 Å². The number of thiazole rings is 1. The Morgan fingerprint density at radius 1 is 0.939 bits per heavy atom. The molecule has 1 aliphatic heterocycles. The smallest absolute Gasteiger partial charge is 0.227 e. The molecule has 0 saturated carbocycles. The van der Waals surface area contributed by atoms with Gasteiger partial charge in [-0.05, 0) is 42.0 Å². The largest absolute Gasteiger partial charge is 0.497 e. The Kier molecular flexibility index (Phi) is 7.47. The predicted molar refractivity (Wildman–Crippen MR) is 129 cm³/mol. The normalized spacial score (nSPS) is 14.2. The van der Waals surface area contributed by atoms with Crippen LogP contribution in [0.1, 0.15) is 10.6 Å². The highest BCUT2D eigenvalue weighted by Gasteiger charge is 2.22. The molecule has 3 aromatic rings. The molecule has 0 atom stereocenters. The second kappa shape index (κ2) is 10.7. The van der Waals surface area contributed by atoms with Gasteiger partial charge in [-0.1, -0.05) is 6.07 Å². The van der Waals surface area contributed by atoms with Crippen LogP contribution in [0.4, 0.5) is 0 Å². The minimum Gasteiger partial charge on any atom is -0.497 e. The fraction of sp³-hybridized carbons (Fsp3) is 0.360. The van der Waals surface area contributed by atoms with Crippen molar-refractivity contribution in [1.82, 2.24) is 14.8 Å². The van der Waals surface area contributed by atoms with Crippen molar-refractivity contribution in [3.05, 3.63) is 58.4 Å². The Morgan fingerprint density at radius 3 is 2.33 bits per heavy atom. The van der Waals surface area contributed by atoms with Crippen LogP contribution in [0, 0.1) is 0 Å². The summed E-state index contributed by atoms with van der Waals surface area (Å²) in [6.45, 7) is 3.94. The number of ether oxygens (including phenoxy) is 3. The van der Waals surface area contributed by atoms with E-state index < -0.39 is 0 Å². The van der Waals surface area contributed by atoms with E-state index in [1.807, 2.05) is 47.4 Å². The number of carbonyl (C=O) groups is 1. The molecule has 4 rings (SSSR count). The van der Waals surface area contributed by atoms with Crippen LogP contribution in [-0.4, -0.2) is 68.2 Å². The maximum absolute atomic E-state index is 12.8. The molecule has 1 aliphatic rings. The summed E-state index contributed by atoms with van der Waals surface area (Å²) in [5.41, 5.74) is 3.00. The van der Waals surface area contributed by atoms with Crippen LogP contribution in [0.25, 0.3) is 11.3 Å². The highest BCUT2D eigenvalue weighted by atomic mass is 32.1.